The Morgan fingerprint density at radius 3 is 2.41 bits per heavy atom. The first-order valence-electron chi connectivity index (χ1n) is 5.66. The summed E-state index contributed by atoms with van der Waals surface area (Å²) in [5, 5.41) is 0.605. The molecule has 17 heavy (non-hydrogen) atoms. The van der Waals surface area contributed by atoms with E-state index in [1.54, 1.807) is 6.07 Å². The van der Waals surface area contributed by atoms with Gasteiger partial charge in [0.1, 0.15) is 0 Å². The highest BCUT2D eigenvalue weighted by atomic mass is 35.5. The molecule has 0 saturated carbocycles. The van der Waals surface area contributed by atoms with Crippen LogP contribution >= 0.6 is 11.6 Å². The van der Waals surface area contributed by atoms with Crippen LogP contribution in [0.3, 0.4) is 0 Å². The zero-order chi connectivity index (χ0) is 12.6. The van der Waals surface area contributed by atoms with Gasteiger partial charge in [0.05, 0.1) is 0 Å². The average Bonchev–Trinajstić information content (AvgIpc) is 2.57. The molecule has 88 valence electrons. The van der Waals surface area contributed by atoms with Gasteiger partial charge in [-0.1, -0.05) is 23.2 Å². The number of halogens is 1. The predicted octanol–water partition coefficient (Wildman–Crippen LogP) is 4.67. The van der Waals surface area contributed by atoms with E-state index in [2.05, 4.69) is 20.8 Å². The van der Waals surface area contributed by atoms with Gasteiger partial charge in [-0.2, -0.15) is 0 Å². The molecule has 0 aliphatic heterocycles. The van der Waals surface area contributed by atoms with Crippen molar-refractivity contribution < 1.29 is 4.79 Å². The summed E-state index contributed by atoms with van der Waals surface area (Å²) in [5.41, 5.74) is 6.94. The number of rotatable bonds is 2. The molecular formula is C15H15ClO. The normalized spacial score (nSPS) is 15.8. The molecule has 0 atom stereocenters. The molecule has 1 aromatic rings. The van der Waals surface area contributed by atoms with Gasteiger partial charge in [0.2, 0.25) is 0 Å². The van der Waals surface area contributed by atoms with Gasteiger partial charge in [-0.25, -0.2) is 0 Å². The maximum Gasteiger partial charge on any atom is 0.150 e. The van der Waals surface area contributed by atoms with Crippen LogP contribution in [0.2, 0.25) is 5.02 Å². The molecule has 0 saturated heterocycles. The fraction of sp³-hybridized carbons (Fsp3) is 0.267. The van der Waals surface area contributed by atoms with E-state index in [1.165, 1.54) is 22.3 Å². The van der Waals surface area contributed by atoms with E-state index in [1.807, 2.05) is 12.1 Å². The van der Waals surface area contributed by atoms with E-state index >= 15 is 0 Å². The van der Waals surface area contributed by atoms with Crippen LogP contribution in [0.5, 0.6) is 0 Å². The highest BCUT2D eigenvalue weighted by Crippen LogP contribution is 2.38. The SMILES string of the molecule is CC1=C(C)C(C)=C(c2ccc(Cl)cc2C=O)C1. The summed E-state index contributed by atoms with van der Waals surface area (Å²) >= 11 is 5.91. The van der Waals surface area contributed by atoms with E-state index in [0.717, 1.165) is 18.3 Å². The topological polar surface area (TPSA) is 17.1 Å². The second-order valence-electron chi connectivity index (χ2n) is 4.54. The molecule has 0 aromatic heterocycles. The standard InChI is InChI=1S/C15H15ClO/c1-9-6-15(11(3)10(9)2)14-5-4-13(16)7-12(14)8-17/h4-5,7-8H,6H2,1-3H3. The Balaban J connectivity index is 2.54. The molecule has 0 N–H and O–H groups in total. The Morgan fingerprint density at radius 2 is 1.88 bits per heavy atom. The first kappa shape index (κ1) is 12.1. The van der Waals surface area contributed by atoms with Gasteiger partial charge in [0, 0.05) is 10.6 Å². The molecule has 0 unspecified atom stereocenters. The van der Waals surface area contributed by atoms with Crippen LogP contribution in [0.4, 0.5) is 0 Å². The number of hydrogen-bond acceptors (Lipinski definition) is 1. The van der Waals surface area contributed by atoms with Crippen molar-refractivity contribution in [2.24, 2.45) is 0 Å². The number of allylic oxidation sites excluding steroid dienone is 4. The molecular weight excluding hydrogens is 232 g/mol. The minimum atomic E-state index is 0.605. The average molecular weight is 247 g/mol. The van der Waals surface area contributed by atoms with Crippen LogP contribution in [-0.4, -0.2) is 6.29 Å². The Hall–Kier alpha value is -1.34. The maximum atomic E-state index is 11.1. The maximum absolute atomic E-state index is 11.1. The van der Waals surface area contributed by atoms with E-state index in [9.17, 15) is 4.79 Å². The third-order valence-electron chi connectivity index (χ3n) is 3.56. The molecule has 1 aliphatic carbocycles. The Bertz CT molecular complexity index is 550. The number of aldehydes is 1. The van der Waals surface area contributed by atoms with Gasteiger partial charge >= 0.3 is 0 Å². The molecule has 0 fully saturated rings. The smallest absolute Gasteiger partial charge is 0.150 e. The first-order chi connectivity index (χ1) is 8.04. The second kappa shape index (κ2) is 4.50. The lowest BCUT2D eigenvalue weighted by atomic mass is 9.96. The predicted molar refractivity (Wildman–Crippen MR) is 72.4 cm³/mol. The van der Waals surface area contributed by atoms with Gasteiger partial charge in [-0.3, -0.25) is 4.79 Å². The summed E-state index contributed by atoms with van der Waals surface area (Å²) in [6.07, 6.45) is 1.81. The van der Waals surface area contributed by atoms with Crippen molar-refractivity contribution in [1.29, 1.82) is 0 Å². The third kappa shape index (κ3) is 2.07. The van der Waals surface area contributed by atoms with Crippen molar-refractivity contribution in [2.75, 3.05) is 0 Å². The summed E-state index contributed by atoms with van der Waals surface area (Å²) in [5.74, 6) is 0. The monoisotopic (exact) mass is 246 g/mol. The van der Waals surface area contributed by atoms with Crippen molar-refractivity contribution >= 4 is 23.5 Å². The molecule has 2 heteroatoms. The van der Waals surface area contributed by atoms with E-state index in [0.29, 0.717) is 10.6 Å². The zero-order valence-corrected chi connectivity index (χ0v) is 11.1. The van der Waals surface area contributed by atoms with Crippen LogP contribution in [0.1, 0.15) is 43.1 Å². The highest BCUT2D eigenvalue weighted by molar-refractivity contribution is 6.31. The molecule has 1 aromatic carbocycles. The molecule has 0 radical (unpaired) electrons. The fourth-order valence-corrected chi connectivity index (χ4v) is 2.46. The summed E-state index contributed by atoms with van der Waals surface area (Å²) in [7, 11) is 0. The molecule has 2 rings (SSSR count). The quantitative estimate of drug-likeness (QED) is 0.694. The molecule has 0 spiro atoms. The van der Waals surface area contributed by atoms with Gasteiger partial charge in [0.25, 0.3) is 0 Å². The Labute approximate surface area is 107 Å². The van der Waals surface area contributed by atoms with E-state index < -0.39 is 0 Å². The lowest BCUT2D eigenvalue weighted by Gasteiger charge is -2.09. The summed E-state index contributed by atoms with van der Waals surface area (Å²) in [4.78, 5) is 11.1. The largest absolute Gasteiger partial charge is 0.298 e. The van der Waals surface area contributed by atoms with E-state index in [4.69, 9.17) is 11.6 Å². The Kier molecular flexibility index (Phi) is 3.21. The number of hydrogen-bond donors (Lipinski definition) is 0. The van der Waals surface area contributed by atoms with Crippen LogP contribution in [0.25, 0.3) is 5.57 Å². The minimum absolute atomic E-state index is 0.605. The second-order valence-corrected chi connectivity index (χ2v) is 4.97. The van der Waals surface area contributed by atoms with Crippen LogP contribution in [0, 0.1) is 0 Å². The number of carbonyl (C=O) groups is 1. The highest BCUT2D eigenvalue weighted by Gasteiger charge is 2.19. The van der Waals surface area contributed by atoms with Crippen molar-refractivity contribution in [3.05, 3.63) is 51.1 Å². The summed E-state index contributed by atoms with van der Waals surface area (Å²) in [6.45, 7) is 6.39. The fourth-order valence-electron chi connectivity index (χ4n) is 2.28. The van der Waals surface area contributed by atoms with Crippen molar-refractivity contribution in [3.8, 4) is 0 Å². The van der Waals surface area contributed by atoms with Crippen molar-refractivity contribution in [1.82, 2.24) is 0 Å². The first-order valence-corrected chi connectivity index (χ1v) is 6.04. The lowest BCUT2D eigenvalue weighted by molar-refractivity contribution is 0.112. The van der Waals surface area contributed by atoms with Crippen molar-refractivity contribution in [3.63, 3.8) is 0 Å². The van der Waals surface area contributed by atoms with Gasteiger partial charge in [0.15, 0.2) is 6.29 Å². The number of benzene rings is 1. The van der Waals surface area contributed by atoms with Crippen LogP contribution in [0.15, 0.2) is 34.9 Å². The zero-order valence-electron chi connectivity index (χ0n) is 10.3. The van der Waals surface area contributed by atoms with E-state index in [-0.39, 0.29) is 0 Å². The van der Waals surface area contributed by atoms with Crippen LogP contribution < -0.4 is 0 Å². The van der Waals surface area contributed by atoms with Gasteiger partial charge in [-0.15, -0.1) is 0 Å². The molecule has 0 heterocycles. The molecule has 1 nitrogen and oxygen atoms in total. The third-order valence-corrected chi connectivity index (χ3v) is 3.80. The lowest BCUT2D eigenvalue weighted by Crippen LogP contribution is -1.92. The Morgan fingerprint density at radius 1 is 1.18 bits per heavy atom. The molecule has 1 aliphatic rings. The summed E-state index contributed by atoms with van der Waals surface area (Å²) in [6, 6.07) is 5.51. The van der Waals surface area contributed by atoms with Gasteiger partial charge < -0.3 is 0 Å². The molecule has 0 amide bonds. The van der Waals surface area contributed by atoms with Crippen molar-refractivity contribution in [2.45, 2.75) is 27.2 Å². The minimum Gasteiger partial charge on any atom is -0.298 e. The summed E-state index contributed by atoms with van der Waals surface area (Å²) < 4.78 is 0. The van der Waals surface area contributed by atoms with Gasteiger partial charge in [-0.05, 0) is 61.6 Å². The number of carbonyl (C=O) groups excluding carboxylic acids is 1. The molecule has 0 bridgehead atoms. The van der Waals surface area contributed by atoms with Crippen LogP contribution in [-0.2, 0) is 0 Å².